The van der Waals surface area contributed by atoms with Gasteiger partial charge in [0.25, 0.3) is 11.6 Å². The highest BCUT2D eigenvalue weighted by molar-refractivity contribution is 5.95. The molecule has 0 heterocycles. The number of anilines is 1. The third-order valence-electron chi connectivity index (χ3n) is 2.97. The molecule has 1 aromatic rings. The minimum atomic E-state index is -0.585. The number of benzene rings is 1. The largest absolute Gasteiger partial charge is 0.349 e. The Balaban J connectivity index is 2.99. The number of nitrogens with two attached hydrogens (primary N) is 1. The zero-order chi connectivity index (χ0) is 14.6. The molecular formula is C12H18N4O3. The number of hydrogen-bond acceptors (Lipinski definition) is 5. The Labute approximate surface area is 111 Å². The van der Waals surface area contributed by atoms with E-state index in [0.29, 0.717) is 0 Å². The van der Waals surface area contributed by atoms with Crippen LogP contribution in [0.2, 0.25) is 0 Å². The third-order valence-corrected chi connectivity index (χ3v) is 2.97. The number of nitrogens with one attached hydrogen (secondary N) is 2. The Kier molecular flexibility index (Phi) is 4.82. The van der Waals surface area contributed by atoms with Crippen molar-refractivity contribution in [2.75, 3.05) is 5.43 Å². The highest BCUT2D eigenvalue weighted by Crippen LogP contribution is 2.24. The molecule has 0 spiro atoms. The molecule has 7 heteroatoms. The number of nitrogen functional groups attached to an aromatic ring is 1. The first-order valence-electron chi connectivity index (χ1n) is 5.92. The first-order valence-corrected chi connectivity index (χ1v) is 5.92. The maximum absolute atomic E-state index is 11.9. The second kappa shape index (κ2) is 6.14. The molecule has 0 fully saturated rings. The average molecular weight is 266 g/mol. The van der Waals surface area contributed by atoms with Crippen LogP contribution in [-0.2, 0) is 0 Å². The highest BCUT2D eigenvalue weighted by atomic mass is 16.6. The number of carbonyl (C=O) groups excluding carboxylic acids is 1. The fourth-order valence-corrected chi connectivity index (χ4v) is 1.40. The monoisotopic (exact) mass is 266 g/mol. The lowest BCUT2D eigenvalue weighted by Crippen LogP contribution is -2.36. The van der Waals surface area contributed by atoms with Crippen LogP contribution >= 0.6 is 0 Å². The average Bonchev–Trinajstić information content (AvgIpc) is 2.37. The van der Waals surface area contributed by atoms with Crippen LogP contribution in [0, 0.1) is 16.0 Å². The van der Waals surface area contributed by atoms with Crippen LogP contribution in [0.25, 0.3) is 0 Å². The molecular weight excluding hydrogens is 248 g/mol. The number of nitrogens with zero attached hydrogens (tertiary/aromatic N) is 1. The molecule has 4 N–H and O–H groups in total. The summed E-state index contributed by atoms with van der Waals surface area (Å²) in [4.78, 5) is 22.2. The summed E-state index contributed by atoms with van der Waals surface area (Å²) in [5, 5.41) is 13.7. The smallest absolute Gasteiger partial charge is 0.294 e. The van der Waals surface area contributed by atoms with Crippen molar-refractivity contribution < 1.29 is 9.72 Å². The molecule has 0 bridgehead atoms. The van der Waals surface area contributed by atoms with Crippen molar-refractivity contribution in [3.63, 3.8) is 0 Å². The molecule has 1 unspecified atom stereocenters. The van der Waals surface area contributed by atoms with Gasteiger partial charge < -0.3 is 10.7 Å². The Morgan fingerprint density at radius 2 is 2.00 bits per heavy atom. The van der Waals surface area contributed by atoms with Gasteiger partial charge in [-0.3, -0.25) is 20.8 Å². The summed E-state index contributed by atoms with van der Waals surface area (Å²) < 4.78 is 0. The summed E-state index contributed by atoms with van der Waals surface area (Å²) in [5.41, 5.74) is 2.40. The van der Waals surface area contributed by atoms with E-state index < -0.39 is 4.92 Å². The Bertz CT molecular complexity index is 488. The maximum Gasteiger partial charge on any atom is 0.294 e. The molecule has 104 valence electrons. The molecule has 1 amide bonds. The van der Waals surface area contributed by atoms with Crippen LogP contribution in [0.5, 0.6) is 0 Å². The summed E-state index contributed by atoms with van der Waals surface area (Å²) >= 11 is 0. The minimum Gasteiger partial charge on any atom is -0.349 e. The minimum absolute atomic E-state index is 0.0149. The second-order valence-corrected chi connectivity index (χ2v) is 4.64. The topological polar surface area (TPSA) is 110 Å². The quantitative estimate of drug-likeness (QED) is 0.426. The molecule has 1 aromatic carbocycles. The van der Waals surface area contributed by atoms with Gasteiger partial charge in [-0.1, -0.05) is 13.8 Å². The highest BCUT2D eigenvalue weighted by Gasteiger charge is 2.18. The van der Waals surface area contributed by atoms with Gasteiger partial charge in [-0.25, -0.2) is 0 Å². The molecule has 1 atom stereocenters. The second-order valence-electron chi connectivity index (χ2n) is 4.64. The van der Waals surface area contributed by atoms with Crippen molar-refractivity contribution in [3.8, 4) is 0 Å². The van der Waals surface area contributed by atoms with Gasteiger partial charge in [0.2, 0.25) is 0 Å². The first kappa shape index (κ1) is 14.9. The van der Waals surface area contributed by atoms with Crippen LogP contribution in [0.3, 0.4) is 0 Å². The summed E-state index contributed by atoms with van der Waals surface area (Å²) in [7, 11) is 0. The lowest BCUT2D eigenvalue weighted by atomic mass is 10.1. The van der Waals surface area contributed by atoms with Crippen molar-refractivity contribution in [1.29, 1.82) is 0 Å². The van der Waals surface area contributed by atoms with E-state index in [4.69, 9.17) is 5.84 Å². The zero-order valence-corrected chi connectivity index (χ0v) is 11.1. The van der Waals surface area contributed by atoms with Gasteiger partial charge in [0.1, 0.15) is 5.69 Å². The van der Waals surface area contributed by atoms with Crippen LogP contribution in [0.4, 0.5) is 11.4 Å². The standard InChI is InChI=1S/C12H18N4O3/c1-7(2)8(3)14-12(17)9-4-5-10(15-13)11(6-9)16(18)19/h4-8,15H,13H2,1-3H3,(H,14,17). The lowest BCUT2D eigenvalue weighted by Gasteiger charge is -2.17. The fourth-order valence-electron chi connectivity index (χ4n) is 1.40. The van der Waals surface area contributed by atoms with E-state index in [9.17, 15) is 14.9 Å². The van der Waals surface area contributed by atoms with Crippen molar-refractivity contribution in [2.45, 2.75) is 26.8 Å². The fraction of sp³-hybridized carbons (Fsp3) is 0.417. The van der Waals surface area contributed by atoms with Crippen LogP contribution in [0.15, 0.2) is 18.2 Å². The number of carbonyl (C=O) groups is 1. The third kappa shape index (κ3) is 3.65. The Morgan fingerprint density at radius 1 is 1.37 bits per heavy atom. The summed E-state index contributed by atoms with van der Waals surface area (Å²) in [6.45, 7) is 5.84. The number of hydrazine groups is 1. The molecule has 1 rings (SSSR count). The predicted octanol–water partition coefficient (Wildman–Crippen LogP) is 1.65. The zero-order valence-electron chi connectivity index (χ0n) is 11.1. The van der Waals surface area contributed by atoms with Crippen molar-refractivity contribution >= 4 is 17.3 Å². The van der Waals surface area contributed by atoms with E-state index in [1.807, 2.05) is 20.8 Å². The summed E-state index contributed by atoms with van der Waals surface area (Å²) in [6.07, 6.45) is 0. The normalized spacial score (nSPS) is 12.1. The lowest BCUT2D eigenvalue weighted by molar-refractivity contribution is -0.384. The number of hydrogen-bond donors (Lipinski definition) is 3. The van der Waals surface area contributed by atoms with Crippen LogP contribution in [-0.4, -0.2) is 16.9 Å². The van der Waals surface area contributed by atoms with E-state index in [-0.39, 0.29) is 34.8 Å². The molecule has 0 aliphatic rings. The predicted molar refractivity (Wildman–Crippen MR) is 72.7 cm³/mol. The molecule has 7 nitrogen and oxygen atoms in total. The van der Waals surface area contributed by atoms with Crippen LogP contribution in [0.1, 0.15) is 31.1 Å². The molecule has 0 saturated carbocycles. The first-order chi connectivity index (χ1) is 8.86. The van der Waals surface area contributed by atoms with Gasteiger partial charge in [-0.05, 0) is 25.0 Å². The van der Waals surface area contributed by atoms with Gasteiger partial charge in [0.15, 0.2) is 0 Å². The SMILES string of the molecule is CC(C)C(C)NC(=O)c1ccc(NN)c([N+](=O)[O-])c1. The van der Waals surface area contributed by atoms with E-state index in [0.717, 1.165) is 0 Å². The van der Waals surface area contributed by atoms with E-state index in [1.54, 1.807) is 0 Å². The van der Waals surface area contributed by atoms with E-state index in [1.165, 1.54) is 18.2 Å². The molecule has 0 aromatic heterocycles. The molecule has 0 radical (unpaired) electrons. The van der Waals surface area contributed by atoms with Gasteiger partial charge >= 0.3 is 0 Å². The van der Waals surface area contributed by atoms with Gasteiger partial charge in [0.05, 0.1) is 4.92 Å². The maximum atomic E-state index is 11.9. The number of nitro benzene ring substituents is 1. The summed E-state index contributed by atoms with van der Waals surface area (Å²) in [6, 6.07) is 4.09. The van der Waals surface area contributed by atoms with Crippen LogP contribution < -0.4 is 16.6 Å². The Hall–Kier alpha value is -2.15. The molecule has 19 heavy (non-hydrogen) atoms. The molecule has 0 saturated heterocycles. The van der Waals surface area contributed by atoms with Crippen molar-refractivity contribution in [3.05, 3.63) is 33.9 Å². The van der Waals surface area contributed by atoms with Gasteiger partial charge in [-0.2, -0.15) is 0 Å². The molecule has 0 aliphatic carbocycles. The van der Waals surface area contributed by atoms with Crippen molar-refractivity contribution in [2.24, 2.45) is 11.8 Å². The Morgan fingerprint density at radius 3 is 2.47 bits per heavy atom. The van der Waals surface area contributed by atoms with E-state index in [2.05, 4.69) is 10.7 Å². The number of nitro groups is 1. The van der Waals surface area contributed by atoms with Gasteiger partial charge in [0, 0.05) is 17.7 Å². The molecule has 0 aliphatic heterocycles. The van der Waals surface area contributed by atoms with Gasteiger partial charge in [-0.15, -0.1) is 0 Å². The summed E-state index contributed by atoms with van der Waals surface area (Å²) in [5.74, 6) is 5.12. The van der Waals surface area contributed by atoms with Crippen molar-refractivity contribution in [1.82, 2.24) is 5.32 Å². The van der Waals surface area contributed by atoms with E-state index >= 15 is 0 Å². The number of amides is 1. The number of rotatable bonds is 5.